The molecule has 0 aliphatic heterocycles. The average molecular weight is 262 g/mol. The summed E-state index contributed by atoms with van der Waals surface area (Å²) in [6.07, 6.45) is 2.38. The molecular weight excluding hydrogens is 244 g/mol. The van der Waals surface area contributed by atoms with Gasteiger partial charge in [-0.3, -0.25) is 4.79 Å². The van der Waals surface area contributed by atoms with Crippen molar-refractivity contribution in [3.8, 4) is 0 Å². The molecule has 0 unspecified atom stereocenters. The van der Waals surface area contributed by atoms with Gasteiger partial charge in [0.1, 0.15) is 0 Å². The van der Waals surface area contributed by atoms with E-state index >= 15 is 0 Å². The van der Waals surface area contributed by atoms with E-state index in [1.54, 1.807) is 0 Å². The van der Waals surface area contributed by atoms with Gasteiger partial charge >= 0.3 is 12.0 Å². The maximum Gasteiger partial charge on any atom is 0.319 e. The Morgan fingerprint density at radius 2 is 1.89 bits per heavy atom. The highest BCUT2D eigenvalue weighted by Crippen LogP contribution is 2.34. The SMILES string of the molecule is Cc1ccc(NC(=O)NC2(CC(=O)O)CCC2)cc1. The van der Waals surface area contributed by atoms with Crippen LogP contribution in [0.2, 0.25) is 0 Å². The fraction of sp³-hybridized carbons (Fsp3) is 0.429. The molecule has 1 fully saturated rings. The summed E-state index contributed by atoms with van der Waals surface area (Å²) in [7, 11) is 0. The van der Waals surface area contributed by atoms with Crippen molar-refractivity contribution in [2.45, 2.75) is 38.1 Å². The van der Waals surface area contributed by atoms with Gasteiger partial charge in [-0.2, -0.15) is 0 Å². The van der Waals surface area contributed by atoms with E-state index in [-0.39, 0.29) is 12.5 Å². The molecular formula is C14H18N2O3. The summed E-state index contributed by atoms with van der Waals surface area (Å²) in [5.74, 6) is -0.879. The van der Waals surface area contributed by atoms with Crippen LogP contribution in [0.3, 0.4) is 0 Å². The minimum Gasteiger partial charge on any atom is -0.481 e. The van der Waals surface area contributed by atoms with Crippen LogP contribution in [0.25, 0.3) is 0 Å². The molecule has 0 spiro atoms. The lowest BCUT2D eigenvalue weighted by molar-refractivity contribution is -0.139. The summed E-state index contributed by atoms with van der Waals surface area (Å²) in [4.78, 5) is 22.7. The number of rotatable bonds is 4. The molecule has 2 amide bonds. The molecule has 19 heavy (non-hydrogen) atoms. The van der Waals surface area contributed by atoms with Crippen molar-refractivity contribution in [2.24, 2.45) is 0 Å². The standard InChI is InChI=1S/C14H18N2O3/c1-10-3-5-11(6-4-10)15-13(19)16-14(7-2-8-14)9-12(17)18/h3-6H,2,7-9H2,1H3,(H,17,18)(H2,15,16,19). The largest absolute Gasteiger partial charge is 0.481 e. The van der Waals surface area contributed by atoms with E-state index in [9.17, 15) is 9.59 Å². The monoisotopic (exact) mass is 262 g/mol. The van der Waals surface area contributed by atoms with Crippen molar-refractivity contribution in [1.29, 1.82) is 0 Å². The molecule has 0 heterocycles. The predicted molar refractivity (Wildman–Crippen MR) is 72.2 cm³/mol. The number of carboxylic acids is 1. The number of anilines is 1. The average Bonchev–Trinajstić information content (AvgIpc) is 2.28. The lowest BCUT2D eigenvalue weighted by Crippen LogP contribution is -2.55. The van der Waals surface area contributed by atoms with Crippen LogP contribution >= 0.6 is 0 Å². The third-order valence-electron chi connectivity index (χ3n) is 3.49. The number of carbonyl (C=O) groups excluding carboxylic acids is 1. The summed E-state index contributed by atoms with van der Waals surface area (Å²) in [5.41, 5.74) is 1.25. The summed E-state index contributed by atoms with van der Waals surface area (Å²) in [5, 5.41) is 14.4. The Labute approximate surface area is 112 Å². The van der Waals surface area contributed by atoms with Crippen molar-refractivity contribution in [1.82, 2.24) is 5.32 Å². The minimum atomic E-state index is -0.879. The van der Waals surface area contributed by atoms with Gasteiger partial charge < -0.3 is 15.7 Å². The molecule has 0 atom stereocenters. The summed E-state index contributed by atoms with van der Waals surface area (Å²) < 4.78 is 0. The van der Waals surface area contributed by atoms with Gasteiger partial charge in [0.05, 0.1) is 12.0 Å². The first-order valence-electron chi connectivity index (χ1n) is 6.37. The number of nitrogens with one attached hydrogen (secondary N) is 2. The molecule has 1 aromatic rings. The number of carboxylic acid groups (broad SMARTS) is 1. The zero-order chi connectivity index (χ0) is 13.9. The topological polar surface area (TPSA) is 78.4 Å². The van der Waals surface area contributed by atoms with Crippen LogP contribution in [0, 0.1) is 6.92 Å². The van der Waals surface area contributed by atoms with Gasteiger partial charge in [-0.05, 0) is 38.3 Å². The minimum absolute atomic E-state index is 0.0195. The lowest BCUT2D eigenvalue weighted by atomic mass is 9.74. The highest BCUT2D eigenvalue weighted by Gasteiger charge is 2.40. The molecule has 1 aromatic carbocycles. The van der Waals surface area contributed by atoms with Crippen LogP contribution in [0.4, 0.5) is 10.5 Å². The second-order valence-electron chi connectivity index (χ2n) is 5.15. The number of hydrogen-bond acceptors (Lipinski definition) is 2. The number of hydrogen-bond donors (Lipinski definition) is 3. The second-order valence-corrected chi connectivity index (χ2v) is 5.15. The third kappa shape index (κ3) is 3.47. The molecule has 0 saturated heterocycles. The maximum absolute atomic E-state index is 11.9. The Kier molecular flexibility index (Phi) is 3.74. The molecule has 1 saturated carbocycles. The first-order valence-corrected chi connectivity index (χ1v) is 6.37. The van der Waals surface area contributed by atoms with Crippen molar-refractivity contribution < 1.29 is 14.7 Å². The van der Waals surface area contributed by atoms with Crippen LogP contribution in [-0.4, -0.2) is 22.6 Å². The summed E-state index contributed by atoms with van der Waals surface area (Å²) in [6, 6.07) is 7.11. The van der Waals surface area contributed by atoms with E-state index in [1.165, 1.54) is 0 Å². The molecule has 1 aliphatic rings. The van der Waals surface area contributed by atoms with Gasteiger partial charge in [-0.15, -0.1) is 0 Å². The highest BCUT2D eigenvalue weighted by molar-refractivity contribution is 5.90. The molecule has 2 rings (SSSR count). The number of aryl methyl sites for hydroxylation is 1. The van der Waals surface area contributed by atoms with Gasteiger partial charge in [0.25, 0.3) is 0 Å². The zero-order valence-electron chi connectivity index (χ0n) is 10.9. The van der Waals surface area contributed by atoms with E-state index in [2.05, 4.69) is 10.6 Å². The van der Waals surface area contributed by atoms with Gasteiger partial charge in [0, 0.05) is 5.69 Å². The number of benzene rings is 1. The smallest absolute Gasteiger partial charge is 0.319 e. The van der Waals surface area contributed by atoms with Gasteiger partial charge in [0.2, 0.25) is 0 Å². The number of amides is 2. The Morgan fingerprint density at radius 1 is 1.26 bits per heavy atom. The van der Waals surface area contributed by atoms with Gasteiger partial charge in [0.15, 0.2) is 0 Å². The van der Waals surface area contributed by atoms with E-state index in [0.29, 0.717) is 5.69 Å². The molecule has 102 valence electrons. The Morgan fingerprint density at radius 3 is 2.37 bits per heavy atom. The van der Waals surface area contributed by atoms with Crippen molar-refractivity contribution >= 4 is 17.7 Å². The highest BCUT2D eigenvalue weighted by atomic mass is 16.4. The fourth-order valence-electron chi connectivity index (χ4n) is 2.28. The number of urea groups is 1. The quantitative estimate of drug-likeness (QED) is 0.780. The fourth-order valence-corrected chi connectivity index (χ4v) is 2.28. The lowest BCUT2D eigenvalue weighted by Gasteiger charge is -2.41. The van der Waals surface area contributed by atoms with Crippen LogP contribution < -0.4 is 10.6 Å². The van der Waals surface area contributed by atoms with Crippen LogP contribution in [0.5, 0.6) is 0 Å². The van der Waals surface area contributed by atoms with Crippen molar-refractivity contribution in [3.05, 3.63) is 29.8 Å². The summed E-state index contributed by atoms with van der Waals surface area (Å²) >= 11 is 0. The Hall–Kier alpha value is -2.04. The zero-order valence-corrected chi connectivity index (χ0v) is 10.9. The van der Waals surface area contributed by atoms with Crippen molar-refractivity contribution in [2.75, 3.05) is 5.32 Å². The molecule has 1 aliphatic carbocycles. The van der Waals surface area contributed by atoms with E-state index in [4.69, 9.17) is 5.11 Å². The number of carbonyl (C=O) groups is 2. The molecule has 0 bridgehead atoms. The van der Waals surface area contributed by atoms with Gasteiger partial charge in [-0.25, -0.2) is 4.79 Å². The molecule has 5 nitrogen and oxygen atoms in total. The van der Waals surface area contributed by atoms with Crippen molar-refractivity contribution in [3.63, 3.8) is 0 Å². The van der Waals surface area contributed by atoms with E-state index < -0.39 is 11.5 Å². The maximum atomic E-state index is 11.9. The Bertz CT molecular complexity index is 478. The van der Waals surface area contributed by atoms with Crippen LogP contribution in [-0.2, 0) is 4.79 Å². The Balaban J connectivity index is 1.93. The van der Waals surface area contributed by atoms with Crippen LogP contribution in [0.15, 0.2) is 24.3 Å². The first kappa shape index (κ1) is 13.4. The van der Waals surface area contributed by atoms with E-state index in [0.717, 1.165) is 24.8 Å². The summed E-state index contributed by atoms with van der Waals surface area (Å²) in [6.45, 7) is 1.97. The molecule has 3 N–H and O–H groups in total. The molecule has 5 heteroatoms. The van der Waals surface area contributed by atoms with E-state index in [1.807, 2.05) is 31.2 Å². The van der Waals surface area contributed by atoms with Crippen LogP contribution in [0.1, 0.15) is 31.2 Å². The molecule has 0 aromatic heterocycles. The number of aliphatic carboxylic acids is 1. The molecule has 0 radical (unpaired) electrons. The predicted octanol–water partition coefficient (Wildman–Crippen LogP) is 2.51. The normalized spacial score (nSPS) is 16.3. The second kappa shape index (κ2) is 5.30. The third-order valence-corrected chi connectivity index (χ3v) is 3.49. The van der Waals surface area contributed by atoms with Gasteiger partial charge in [-0.1, -0.05) is 17.7 Å². The first-order chi connectivity index (χ1) is 8.99.